The fourth-order valence-corrected chi connectivity index (χ4v) is 4.70. The Balaban J connectivity index is 1.33. The molecule has 2 unspecified atom stereocenters. The lowest BCUT2D eigenvalue weighted by atomic mass is 9.91. The predicted octanol–water partition coefficient (Wildman–Crippen LogP) is 6.40. The van der Waals surface area contributed by atoms with Gasteiger partial charge in [0.1, 0.15) is 0 Å². The van der Waals surface area contributed by atoms with Crippen LogP contribution in [0, 0.1) is 0 Å². The Morgan fingerprint density at radius 1 is 1.06 bits per heavy atom. The summed E-state index contributed by atoms with van der Waals surface area (Å²) in [7, 11) is 0. The van der Waals surface area contributed by atoms with E-state index in [2.05, 4.69) is 33.9 Å². The predicted molar refractivity (Wildman–Crippen MR) is 136 cm³/mol. The lowest BCUT2D eigenvalue weighted by Crippen LogP contribution is -2.13. The quantitative estimate of drug-likeness (QED) is 0.343. The topological polar surface area (TPSA) is 67.2 Å². The maximum Gasteiger partial charge on any atom is 0.255 e. The molecule has 34 heavy (non-hydrogen) atoms. The maximum atomic E-state index is 12.6. The highest BCUT2D eigenvalue weighted by atomic mass is 35.5. The number of fused-ring (bicyclic) bond motifs is 1. The van der Waals surface area contributed by atoms with E-state index in [0.717, 1.165) is 16.8 Å². The summed E-state index contributed by atoms with van der Waals surface area (Å²) in [4.78, 5) is 16.9. The molecule has 3 aromatic carbocycles. The van der Waals surface area contributed by atoms with Crippen LogP contribution in [0.2, 0.25) is 5.02 Å². The first-order chi connectivity index (χ1) is 16.5. The van der Waals surface area contributed by atoms with E-state index < -0.39 is 6.10 Å². The lowest BCUT2D eigenvalue weighted by Gasteiger charge is -2.22. The molecule has 0 fully saturated rings. The summed E-state index contributed by atoms with van der Waals surface area (Å²) in [5.41, 5.74) is 6.56. The largest absolute Gasteiger partial charge is 0.388 e. The number of imidazole rings is 1. The molecule has 0 spiro atoms. The van der Waals surface area contributed by atoms with Crippen LogP contribution in [0.4, 0.5) is 5.69 Å². The van der Waals surface area contributed by atoms with Gasteiger partial charge in [-0.05, 0) is 65.6 Å². The van der Waals surface area contributed by atoms with Crippen molar-refractivity contribution in [3.63, 3.8) is 0 Å². The Morgan fingerprint density at radius 3 is 2.47 bits per heavy atom. The van der Waals surface area contributed by atoms with Crippen LogP contribution in [0.15, 0.2) is 91.4 Å². The molecule has 1 aliphatic heterocycles. The molecule has 2 N–H and O–H groups in total. The Morgan fingerprint density at radius 2 is 1.76 bits per heavy atom. The Bertz CT molecular complexity index is 1340. The highest BCUT2D eigenvalue weighted by Crippen LogP contribution is 2.45. The van der Waals surface area contributed by atoms with Gasteiger partial charge in [0.05, 0.1) is 30.4 Å². The number of carbonyl (C=O) groups excluding carboxylic acids is 1. The standard InChI is InChI=1S/C28H24ClN3O2/c1-18-25-16-30-17-32(25)24(27(18)20-5-3-2-4-6-20)15-26(33)19-7-9-21(10-8-19)28(34)31-23-13-11-22(29)12-14-23/h2-14,16-17,24,26,33H,15H2,1H3,(H,31,34). The first kappa shape index (κ1) is 22.1. The molecule has 4 aromatic rings. The van der Waals surface area contributed by atoms with Gasteiger partial charge in [-0.3, -0.25) is 4.79 Å². The number of hydrogen-bond donors (Lipinski definition) is 2. The van der Waals surface area contributed by atoms with Gasteiger partial charge in [0, 0.05) is 22.7 Å². The third kappa shape index (κ3) is 4.28. The van der Waals surface area contributed by atoms with Crippen molar-refractivity contribution in [2.45, 2.75) is 25.5 Å². The highest BCUT2D eigenvalue weighted by Gasteiger charge is 2.31. The van der Waals surface area contributed by atoms with Crippen molar-refractivity contribution in [1.29, 1.82) is 0 Å². The summed E-state index contributed by atoms with van der Waals surface area (Å²) in [5.74, 6) is -0.216. The molecule has 0 bridgehead atoms. The molecule has 0 saturated heterocycles. The van der Waals surface area contributed by atoms with E-state index >= 15 is 0 Å². The number of allylic oxidation sites excluding steroid dienone is 2. The summed E-state index contributed by atoms with van der Waals surface area (Å²) in [6, 6.07) is 24.3. The van der Waals surface area contributed by atoms with E-state index in [9.17, 15) is 9.90 Å². The summed E-state index contributed by atoms with van der Waals surface area (Å²) >= 11 is 5.90. The summed E-state index contributed by atoms with van der Waals surface area (Å²) in [5, 5.41) is 14.6. The van der Waals surface area contributed by atoms with Crippen LogP contribution in [0.25, 0.3) is 11.1 Å². The van der Waals surface area contributed by atoms with Crippen LogP contribution in [0.5, 0.6) is 0 Å². The van der Waals surface area contributed by atoms with Crippen LogP contribution in [-0.2, 0) is 0 Å². The summed E-state index contributed by atoms with van der Waals surface area (Å²) in [6.07, 6.45) is 3.51. The van der Waals surface area contributed by atoms with Gasteiger partial charge in [-0.1, -0.05) is 54.1 Å². The average molecular weight is 470 g/mol. The number of benzene rings is 3. The number of nitrogens with one attached hydrogen (secondary N) is 1. The van der Waals surface area contributed by atoms with Crippen LogP contribution in [-0.4, -0.2) is 20.6 Å². The van der Waals surface area contributed by atoms with Crippen LogP contribution >= 0.6 is 11.6 Å². The molecule has 0 aliphatic carbocycles. The third-order valence-corrected chi connectivity index (χ3v) is 6.57. The van der Waals surface area contributed by atoms with Crippen LogP contribution < -0.4 is 5.32 Å². The minimum atomic E-state index is -0.696. The smallest absolute Gasteiger partial charge is 0.255 e. The van der Waals surface area contributed by atoms with Gasteiger partial charge < -0.3 is 15.0 Å². The number of rotatable bonds is 6. The number of anilines is 1. The van der Waals surface area contributed by atoms with E-state index in [1.54, 1.807) is 36.4 Å². The van der Waals surface area contributed by atoms with E-state index in [1.807, 2.05) is 42.9 Å². The normalized spacial score (nSPS) is 15.8. The molecular formula is C28H24ClN3O2. The monoisotopic (exact) mass is 469 g/mol. The van der Waals surface area contributed by atoms with Crippen LogP contribution in [0.3, 0.4) is 0 Å². The van der Waals surface area contributed by atoms with Gasteiger partial charge in [-0.2, -0.15) is 0 Å². The molecule has 5 rings (SSSR count). The fraction of sp³-hybridized carbons (Fsp3) is 0.143. The second kappa shape index (κ2) is 9.29. The van der Waals surface area contributed by atoms with Gasteiger partial charge >= 0.3 is 0 Å². The van der Waals surface area contributed by atoms with E-state index in [0.29, 0.717) is 22.7 Å². The molecule has 6 heteroatoms. The summed E-state index contributed by atoms with van der Waals surface area (Å²) in [6.45, 7) is 2.11. The van der Waals surface area contributed by atoms with Crippen molar-refractivity contribution < 1.29 is 9.90 Å². The number of aliphatic hydroxyl groups is 1. The van der Waals surface area contributed by atoms with E-state index in [-0.39, 0.29) is 11.9 Å². The minimum Gasteiger partial charge on any atom is -0.388 e. The molecule has 2 atom stereocenters. The fourth-order valence-electron chi connectivity index (χ4n) is 4.57. The van der Waals surface area contributed by atoms with Crippen molar-refractivity contribution in [3.8, 4) is 0 Å². The van der Waals surface area contributed by atoms with Crippen molar-refractivity contribution in [1.82, 2.24) is 9.55 Å². The zero-order valence-corrected chi connectivity index (χ0v) is 19.4. The molecule has 1 amide bonds. The zero-order chi connectivity index (χ0) is 23.7. The van der Waals surface area contributed by atoms with Crippen molar-refractivity contribution in [3.05, 3.63) is 119 Å². The molecule has 1 aliphatic rings. The van der Waals surface area contributed by atoms with Gasteiger partial charge in [0.2, 0.25) is 0 Å². The number of aliphatic hydroxyl groups excluding tert-OH is 1. The van der Waals surface area contributed by atoms with Gasteiger partial charge in [0.15, 0.2) is 0 Å². The first-order valence-electron chi connectivity index (χ1n) is 11.1. The van der Waals surface area contributed by atoms with Gasteiger partial charge in [-0.25, -0.2) is 4.98 Å². The summed E-state index contributed by atoms with van der Waals surface area (Å²) < 4.78 is 2.13. The first-order valence-corrected chi connectivity index (χ1v) is 11.5. The lowest BCUT2D eigenvalue weighted by molar-refractivity contribution is 0.102. The van der Waals surface area contributed by atoms with Crippen molar-refractivity contribution in [2.24, 2.45) is 0 Å². The molecule has 2 heterocycles. The third-order valence-electron chi connectivity index (χ3n) is 6.31. The molecule has 5 nitrogen and oxygen atoms in total. The molecule has 1 aromatic heterocycles. The second-order valence-electron chi connectivity index (χ2n) is 8.44. The number of halogens is 1. The highest BCUT2D eigenvalue weighted by molar-refractivity contribution is 6.30. The number of amides is 1. The molecule has 0 saturated carbocycles. The van der Waals surface area contributed by atoms with Gasteiger partial charge in [0.25, 0.3) is 5.91 Å². The van der Waals surface area contributed by atoms with Crippen molar-refractivity contribution in [2.75, 3.05) is 5.32 Å². The van der Waals surface area contributed by atoms with E-state index in [4.69, 9.17) is 11.6 Å². The number of hydrogen-bond acceptors (Lipinski definition) is 3. The molecular weight excluding hydrogens is 446 g/mol. The van der Waals surface area contributed by atoms with Crippen molar-refractivity contribution >= 4 is 34.3 Å². The van der Waals surface area contributed by atoms with Crippen LogP contribution in [0.1, 0.15) is 52.7 Å². The SMILES string of the molecule is CC1=C(c2ccccc2)C(CC(O)c2ccc(C(=O)Nc3ccc(Cl)cc3)cc2)n2cncc21. The zero-order valence-electron chi connectivity index (χ0n) is 18.6. The number of nitrogens with zero attached hydrogens (tertiary/aromatic N) is 2. The second-order valence-corrected chi connectivity index (χ2v) is 8.88. The van der Waals surface area contributed by atoms with Gasteiger partial charge in [-0.15, -0.1) is 0 Å². The minimum absolute atomic E-state index is 0.0252. The maximum absolute atomic E-state index is 12.6. The Labute approximate surface area is 203 Å². The molecule has 170 valence electrons. The van der Waals surface area contributed by atoms with E-state index in [1.165, 1.54) is 11.1 Å². The number of carbonyl (C=O) groups is 1. The average Bonchev–Trinajstić information content (AvgIpc) is 3.44. The Kier molecular flexibility index (Phi) is 6.05. The Hall–Kier alpha value is -3.67. The molecule has 0 radical (unpaired) electrons. The number of aromatic nitrogens is 2.